The van der Waals surface area contributed by atoms with Gasteiger partial charge in [-0.3, -0.25) is 14.8 Å². The summed E-state index contributed by atoms with van der Waals surface area (Å²) in [6, 6.07) is 13.0. The zero-order chi connectivity index (χ0) is 29.8. The van der Waals surface area contributed by atoms with Gasteiger partial charge in [-0.2, -0.15) is 0 Å². The topological polar surface area (TPSA) is 105 Å². The molecular formula is C31H26F2N4O5. The first-order valence-electron chi connectivity index (χ1n) is 12.9. The molecule has 0 spiro atoms. The smallest absolute Gasteiger partial charge is 0.261 e. The van der Waals surface area contributed by atoms with Crippen molar-refractivity contribution in [3.63, 3.8) is 0 Å². The summed E-state index contributed by atoms with van der Waals surface area (Å²) in [5, 5.41) is 2.71. The van der Waals surface area contributed by atoms with Crippen molar-refractivity contribution in [3.8, 4) is 40.0 Å². The number of hydrogen-bond acceptors (Lipinski definition) is 8. The van der Waals surface area contributed by atoms with Gasteiger partial charge in [0.25, 0.3) is 11.8 Å². The molecule has 1 N–H and O–H groups in total. The third kappa shape index (κ3) is 5.62. The summed E-state index contributed by atoms with van der Waals surface area (Å²) in [6.45, 7) is 3.73. The Morgan fingerprint density at radius 1 is 0.929 bits per heavy atom. The van der Waals surface area contributed by atoms with Crippen LogP contribution in [0.4, 0.5) is 14.5 Å². The zero-order valence-electron chi connectivity index (χ0n) is 23.2. The van der Waals surface area contributed by atoms with Gasteiger partial charge in [0.2, 0.25) is 0 Å². The highest BCUT2D eigenvalue weighted by Crippen LogP contribution is 2.37. The second kappa shape index (κ2) is 12.0. The normalized spacial score (nSPS) is 10.8. The third-order valence-electron chi connectivity index (χ3n) is 6.32. The number of nitrogens with one attached hydrogen (secondary N) is 1. The molecule has 1 amide bonds. The van der Waals surface area contributed by atoms with E-state index < -0.39 is 17.5 Å². The summed E-state index contributed by atoms with van der Waals surface area (Å²) in [7, 11) is 2.94. The van der Waals surface area contributed by atoms with Gasteiger partial charge in [-0.1, -0.05) is 12.1 Å². The lowest BCUT2D eigenvalue weighted by Crippen LogP contribution is -2.17. The lowest BCUT2D eigenvalue weighted by atomic mass is 10.0. The molecule has 0 aliphatic rings. The number of aromatic nitrogens is 3. The summed E-state index contributed by atoms with van der Waals surface area (Å²) >= 11 is 0. The van der Waals surface area contributed by atoms with Crippen molar-refractivity contribution in [2.24, 2.45) is 0 Å². The SMILES string of the molecule is CCOc1c(-c2ccc(F)cc2)cnc(C)c1C(=O)Nc1ccc(Oc2ccnc3cc(OC)c(OC)nc23)c(F)c1. The maximum absolute atomic E-state index is 15.2. The number of nitrogens with zero attached hydrogens (tertiary/aromatic N) is 3. The van der Waals surface area contributed by atoms with E-state index in [0.29, 0.717) is 39.4 Å². The van der Waals surface area contributed by atoms with Crippen molar-refractivity contribution in [2.75, 3.05) is 26.1 Å². The average molecular weight is 573 g/mol. The first-order chi connectivity index (χ1) is 20.3. The maximum atomic E-state index is 15.2. The first kappa shape index (κ1) is 28.2. The van der Waals surface area contributed by atoms with Crippen molar-refractivity contribution in [1.29, 1.82) is 0 Å². The van der Waals surface area contributed by atoms with Gasteiger partial charge in [-0.05, 0) is 43.7 Å². The molecule has 0 bridgehead atoms. The highest BCUT2D eigenvalue weighted by atomic mass is 19.1. The molecule has 0 saturated heterocycles. The lowest BCUT2D eigenvalue weighted by Gasteiger charge is -2.17. The van der Waals surface area contributed by atoms with Gasteiger partial charge in [0, 0.05) is 41.8 Å². The van der Waals surface area contributed by atoms with Crippen LogP contribution in [0.1, 0.15) is 23.0 Å². The number of benzene rings is 2. The van der Waals surface area contributed by atoms with E-state index in [-0.39, 0.29) is 35.2 Å². The number of rotatable bonds is 9. The number of carbonyl (C=O) groups is 1. The van der Waals surface area contributed by atoms with Gasteiger partial charge in [-0.15, -0.1) is 0 Å². The Morgan fingerprint density at radius 3 is 2.40 bits per heavy atom. The molecule has 5 aromatic rings. The molecule has 2 aromatic carbocycles. The van der Waals surface area contributed by atoms with E-state index >= 15 is 4.39 Å². The molecule has 3 aromatic heterocycles. The second-order valence-corrected chi connectivity index (χ2v) is 8.98. The summed E-state index contributed by atoms with van der Waals surface area (Å²) < 4.78 is 51.0. The van der Waals surface area contributed by atoms with Crippen LogP contribution in [0, 0.1) is 18.6 Å². The summed E-state index contributed by atoms with van der Waals surface area (Å²) in [4.78, 5) is 26.5. The number of anilines is 1. The van der Waals surface area contributed by atoms with E-state index in [1.807, 2.05) is 0 Å². The van der Waals surface area contributed by atoms with Crippen LogP contribution in [0.2, 0.25) is 0 Å². The Balaban J connectivity index is 1.43. The molecule has 0 unspecified atom stereocenters. The number of aryl methyl sites for hydroxylation is 1. The van der Waals surface area contributed by atoms with Crippen molar-refractivity contribution >= 4 is 22.6 Å². The molecular weight excluding hydrogens is 546 g/mol. The molecule has 0 aliphatic heterocycles. The molecule has 0 radical (unpaired) electrons. The van der Waals surface area contributed by atoms with Crippen LogP contribution in [-0.4, -0.2) is 41.7 Å². The Morgan fingerprint density at radius 2 is 1.71 bits per heavy atom. The number of hydrogen-bond donors (Lipinski definition) is 1. The summed E-state index contributed by atoms with van der Waals surface area (Å²) in [5.74, 6) is -0.607. The molecule has 5 rings (SSSR count). The van der Waals surface area contributed by atoms with Gasteiger partial charge < -0.3 is 24.3 Å². The number of pyridine rings is 3. The standard InChI is InChI=1S/C31H26F2N4O5/c1-5-41-29-21(18-6-8-19(32)9-7-18)16-35-17(2)27(29)30(38)36-20-10-11-24(22(33)14-20)42-25-12-13-34-23-15-26(39-3)31(40-4)37-28(23)25/h6-16H,5H2,1-4H3,(H,36,38). The van der Waals surface area contributed by atoms with Crippen molar-refractivity contribution in [3.05, 3.63) is 89.9 Å². The average Bonchev–Trinajstić information content (AvgIpc) is 2.98. The fourth-order valence-electron chi connectivity index (χ4n) is 4.34. The predicted molar refractivity (Wildman–Crippen MR) is 153 cm³/mol. The van der Waals surface area contributed by atoms with E-state index in [2.05, 4.69) is 20.3 Å². The Hall–Kier alpha value is -5.32. The monoisotopic (exact) mass is 572 g/mol. The quantitative estimate of drug-likeness (QED) is 0.207. The molecule has 0 aliphatic carbocycles. The molecule has 0 fully saturated rings. The molecule has 9 nitrogen and oxygen atoms in total. The van der Waals surface area contributed by atoms with Crippen molar-refractivity contribution in [1.82, 2.24) is 15.0 Å². The van der Waals surface area contributed by atoms with E-state index in [4.69, 9.17) is 18.9 Å². The Labute approximate surface area is 240 Å². The Bertz CT molecular complexity index is 1780. The second-order valence-electron chi connectivity index (χ2n) is 8.98. The van der Waals surface area contributed by atoms with E-state index in [1.165, 1.54) is 44.7 Å². The largest absolute Gasteiger partial charge is 0.492 e. The fourth-order valence-corrected chi connectivity index (χ4v) is 4.34. The van der Waals surface area contributed by atoms with Crippen LogP contribution in [-0.2, 0) is 0 Å². The van der Waals surface area contributed by atoms with E-state index in [0.717, 1.165) is 6.07 Å². The molecule has 3 heterocycles. The minimum Gasteiger partial charge on any atom is -0.492 e. The molecule has 214 valence electrons. The number of fused-ring (bicyclic) bond motifs is 1. The zero-order valence-corrected chi connectivity index (χ0v) is 23.2. The predicted octanol–water partition coefficient (Wildman–Crippen LogP) is 6.74. The summed E-state index contributed by atoms with van der Waals surface area (Å²) in [5.41, 5.74) is 2.73. The Kier molecular flexibility index (Phi) is 8.09. The van der Waals surface area contributed by atoms with E-state index in [9.17, 15) is 9.18 Å². The lowest BCUT2D eigenvalue weighted by molar-refractivity contribution is 0.102. The van der Waals surface area contributed by atoms with Crippen LogP contribution < -0.4 is 24.3 Å². The van der Waals surface area contributed by atoms with Gasteiger partial charge >= 0.3 is 0 Å². The highest BCUT2D eigenvalue weighted by Gasteiger charge is 2.22. The molecule has 0 atom stereocenters. The summed E-state index contributed by atoms with van der Waals surface area (Å²) in [6.07, 6.45) is 3.07. The minimum absolute atomic E-state index is 0.0942. The molecule has 42 heavy (non-hydrogen) atoms. The van der Waals surface area contributed by atoms with Gasteiger partial charge in [0.05, 0.1) is 32.0 Å². The van der Waals surface area contributed by atoms with Gasteiger partial charge in [0.1, 0.15) is 22.6 Å². The van der Waals surface area contributed by atoms with Gasteiger partial charge in [0.15, 0.2) is 23.1 Å². The van der Waals surface area contributed by atoms with Crippen LogP contribution in [0.25, 0.3) is 22.2 Å². The van der Waals surface area contributed by atoms with Crippen LogP contribution in [0.5, 0.6) is 28.9 Å². The third-order valence-corrected chi connectivity index (χ3v) is 6.32. The van der Waals surface area contributed by atoms with Crippen LogP contribution in [0.3, 0.4) is 0 Å². The molecule has 0 saturated carbocycles. The highest BCUT2D eigenvalue weighted by molar-refractivity contribution is 6.08. The number of carbonyl (C=O) groups excluding carboxylic acids is 1. The number of amides is 1. The molecule has 11 heteroatoms. The van der Waals surface area contributed by atoms with Gasteiger partial charge in [-0.25, -0.2) is 13.8 Å². The maximum Gasteiger partial charge on any atom is 0.261 e. The van der Waals surface area contributed by atoms with Crippen LogP contribution >= 0.6 is 0 Å². The van der Waals surface area contributed by atoms with E-state index in [1.54, 1.807) is 44.3 Å². The fraction of sp³-hybridized carbons (Fsp3) is 0.161. The van der Waals surface area contributed by atoms with Crippen LogP contribution in [0.15, 0.2) is 67.0 Å². The number of methoxy groups -OCH3 is 2. The number of ether oxygens (including phenoxy) is 4. The minimum atomic E-state index is -0.724. The first-order valence-corrected chi connectivity index (χ1v) is 12.9. The van der Waals surface area contributed by atoms with Crippen molar-refractivity contribution in [2.45, 2.75) is 13.8 Å². The number of halogens is 2. The van der Waals surface area contributed by atoms with Crippen molar-refractivity contribution < 1.29 is 32.5 Å².